The summed E-state index contributed by atoms with van der Waals surface area (Å²) in [5.74, 6) is -0.370. The summed E-state index contributed by atoms with van der Waals surface area (Å²) in [6.07, 6.45) is 4.25. The Bertz CT molecular complexity index is 1180. The van der Waals surface area contributed by atoms with Gasteiger partial charge in [0.15, 0.2) is 0 Å². The second-order valence-electron chi connectivity index (χ2n) is 7.62. The first-order valence-corrected chi connectivity index (χ1v) is 11.3. The standard InChI is InChI=1S/C22H25N3O3S/c1-15-7-3-5-9-19(15)24-22(26)14-25(2)29(27,28)16-11-12-21-18(13-16)17-8-4-6-10-20(17)23-21/h3,5,7,9,11-13,23H,4,6,8,10,14H2,1-2H3,(H,24,26). The van der Waals surface area contributed by atoms with E-state index in [1.54, 1.807) is 18.2 Å². The van der Waals surface area contributed by atoms with E-state index in [0.29, 0.717) is 5.69 Å². The van der Waals surface area contributed by atoms with Crippen molar-refractivity contribution < 1.29 is 13.2 Å². The lowest BCUT2D eigenvalue weighted by Gasteiger charge is -2.18. The zero-order valence-corrected chi connectivity index (χ0v) is 17.5. The van der Waals surface area contributed by atoms with Crippen molar-refractivity contribution in [1.82, 2.24) is 9.29 Å². The molecule has 1 amide bonds. The van der Waals surface area contributed by atoms with E-state index in [4.69, 9.17) is 0 Å². The molecule has 0 saturated carbocycles. The Morgan fingerprint density at radius 1 is 1.14 bits per heavy atom. The molecular formula is C22H25N3O3S. The van der Waals surface area contributed by atoms with Crippen molar-refractivity contribution in [2.24, 2.45) is 0 Å². The molecule has 29 heavy (non-hydrogen) atoms. The molecular weight excluding hydrogens is 386 g/mol. The fraction of sp³-hybridized carbons (Fsp3) is 0.318. The van der Waals surface area contributed by atoms with E-state index in [0.717, 1.165) is 46.5 Å². The van der Waals surface area contributed by atoms with E-state index in [-0.39, 0.29) is 17.3 Å². The smallest absolute Gasteiger partial charge is 0.243 e. The number of H-pyrrole nitrogens is 1. The number of hydrogen-bond donors (Lipinski definition) is 2. The molecule has 1 aliphatic rings. The van der Waals surface area contributed by atoms with Gasteiger partial charge >= 0.3 is 0 Å². The first kappa shape index (κ1) is 19.7. The highest BCUT2D eigenvalue weighted by molar-refractivity contribution is 7.89. The van der Waals surface area contributed by atoms with Gasteiger partial charge in [-0.05, 0) is 68.0 Å². The van der Waals surface area contributed by atoms with E-state index >= 15 is 0 Å². The van der Waals surface area contributed by atoms with Crippen LogP contribution in [0.4, 0.5) is 5.69 Å². The number of aryl methyl sites for hydroxylation is 3. The number of anilines is 1. The van der Waals surface area contributed by atoms with Gasteiger partial charge < -0.3 is 10.3 Å². The maximum absolute atomic E-state index is 13.1. The third-order valence-corrected chi connectivity index (χ3v) is 7.36. The van der Waals surface area contributed by atoms with Crippen LogP contribution < -0.4 is 5.32 Å². The van der Waals surface area contributed by atoms with Crippen LogP contribution in [0.25, 0.3) is 10.9 Å². The maximum atomic E-state index is 13.1. The molecule has 0 spiro atoms. The molecule has 152 valence electrons. The Balaban J connectivity index is 1.55. The number of fused-ring (bicyclic) bond motifs is 3. The number of benzene rings is 2. The number of aromatic nitrogens is 1. The van der Waals surface area contributed by atoms with Crippen molar-refractivity contribution in [3.8, 4) is 0 Å². The van der Waals surface area contributed by atoms with Crippen LogP contribution in [0.5, 0.6) is 0 Å². The molecule has 6 nitrogen and oxygen atoms in total. The molecule has 0 radical (unpaired) electrons. The molecule has 1 aromatic heterocycles. The predicted molar refractivity (Wildman–Crippen MR) is 115 cm³/mol. The van der Waals surface area contributed by atoms with Gasteiger partial charge in [-0.2, -0.15) is 4.31 Å². The molecule has 4 rings (SSSR count). The third kappa shape index (κ3) is 3.80. The molecule has 0 aliphatic heterocycles. The number of carbonyl (C=O) groups excluding carboxylic acids is 1. The molecule has 0 bridgehead atoms. The molecule has 0 atom stereocenters. The Morgan fingerprint density at radius 2 is 1.90 bits per heavy atom. The molecule has 2 aromatic carbocycles. The number of rotatable bonds is 5. The van der Waals surface area contributed by atoms with Gasteiger partial charge in [-0.3, -0.25) is 4.79 Å². The number of likely N-dealkylation sites (N-methyl/N-ethyl adjacent to an activating group) is 1. The van der Waals surface area contributed by atoms with E-state index in [1.807, 2.05) is 31.2 Å². The van der Waals surface area contributed by atoms with Gasteiger partial charge in [0, 0.05) is 29.3 Å². The van der Waals surface area contributed by atoms with E-state index in [1.165, 1.54) is 18.3 Å². The molecule has 3 aromatic rings. The van der Waals surface area contributed by atoms with Gasteiger partial charge in [0.05, 0.1) is 11.4 Å². The molecule has 1 aliphatic carbocycles. The zero-order valence-electron chi connectivity index (χ0n) is 16.7. The molecule has 0 fully saturated rings. The lowest BCUT2D eigenvalue weighted by molar-refractivity contribution is -0.116. The zero-order chi connectivity index (χ0) is 20.6. The summed E-state index contributed by atoms with van der Waals surface area (Å²) < 4.78 is 27.2. The van der Waals surface area contributed by atoms with Crippen molar-refractivity contribution >= 4 is 32.5 Å². The van der Waals surface area contributed by atoms with Crippen LogP contribution in [0.15, 0.2) is 47.4 Å². The van der Waals surface area contributed by atoms with Crippen molar-refractivity contribution in [3.05, 3.63) is 59.3 Å². The summed E-state index contributed by atoms with van der Waals surface area (Å²) in [5, 5.41) is 3.75. The van der Waals surface area contributed by atoms with Crippen molar-refractivity contribution in [2.45, 2.75) is 37.5 Å². The third-order valence-electron chi connectivity index (χ3n) is 5.56. The van der Waals surface area contributed by atoms with Crippen LogP contribution in [0, 0.1) is 6.92 Å². The first-order valence-electron chi connectivity index (χ1n) is 9.81. The maximum Gasteiger partial charge on any atom is 0.243 e. The quantitative estimate of drug-likeness (QED) is 0.673. The Hall–Kier alpha value is -2.64. The summed E-state index contributed by atoms with van der Waals surface area (Å²) in [4.78, 5) is 16.0. The van der Waals surface area contributed by atoms with Crippen LogP contribution >= 0.6 is 0 Å². The second kappa shape index (κ2) is 7.65. The van der Waals surface area contributed by atoms with Gasteiger partial charge in [0.25, 0.3) is 0 Å². The summed E-state index contributed by atoms with van der Waals surface area (Å²) in [6, 6.07) is 12.6. The number of aromatic amines is 1. The summed E-state index contributed by atoms with van der Waals surface area (Å²) in [6.45, 7) is 1.64. The number of sulfonamides is 1. The number of nitrogens with one attached hydrogen (secondary N) is 2. The van der Waals surface area contributed by atoms with Gasteiger partial charge in [-0.25, -0.2) is 8.42 Å². The molecule has 0 saturated heterocycles. The Labute approximate surface area is 171 Å². The highest BCUT2D eigenvalue weighted by Crippen LogP contribution is 2.31. The van der Waals surface area contributed by atoms with Crippen molar-refractivity contribution in [3.63, 3.8) is 0 Å². The average molecular weight is 412 g/mol. The Kier molecular flexibility index (Phi) is 5.19. The number of amides is 1. The van der Waals surface area contributed by atoms with Gasteiger partial charge in [-0.15, -0.1) is 0 Å². The first-order chi connectivity index (χ1) is 13.9. The topological polar surface area (TPSA) is 82.3 Å². The average Bonchev–Trinajstić information content (AvgIpc) is 3.07. The van der Waals surface area contributed by atoms with Crippen LogP contribution in [0.3, 0.4) is 0 Å². The molecule has 2 N–H and O–H groups in total. The predicted octanol–water partition coefficient (Wildman–Crippen LogP) is 3.61. The lowest BCUT2D eigenvalue weighted by atomic mass is 9.96. The SMILES string of the molecule is Cc1ccccc1NC(=O)CN(C)S(=O)(=O)c1ccc2[nH]c3c(c2c1)CCCC3. The molecule has 0 unspecified atom stereocenters. The normalized spacial score (nSPS) is 14.2. The van der Waals surface area contributed by atoms with Crippen LogP contribution in [-0.4, -0.2) is 37.2 Å². The second-order valence-corrected chi connectivity index (χ2v) is 9.67. The minimum Gasteiger partial charge on any atom is -0.358 e. The minimum absolute atomic E-state index is 0.212. The molecule has 1 heterocycles. The number of nitrogens with zero attached hydrogens (tertiary/aromatic N) is 1. The summed E-state index contributed by atoms with van der Waals surface area (Å²) in [5.41, 5.74) is 5.02. The number of para-hydroxylation sites is 1. The van der Waals surface area contributed by atoms with E-state index in [9.17, 15) is 13.2 Å². The number of hydrogen-bond acceptors (Lipinski definition) is 3. The minimum atomic E-state index is -3.77. The summed E-state index contributed by atoms with van der Waals surface area (Å²) in [7, 11) is -2.34. The van der Waals surface area contributed by atoms with Gasteiger partial charge in [-0.1, -0.05) is 18.2 Å². The van der Waals surface area contributed by atoms with Crippen molar-refractivity contribution in [1.29, 1.82) is 0 Å². The van der Waals surface area contributed by atoms with Crippen LogP contribution in [0.2, 0.25) is 0 Å². The Morgan fingerprint density at radius 3 is 2.69 bits per heavy atom. The van der Waals surface area contributed by atoms with Crippen LogP contribution in [-0.2, 0) is 27.7 Å². The van der Waals surface area contributed by atoms with Crippen molar-refractivity contribution in [2.75, 3.05) is 18.9 Å². The van der Waals surface area contributed by atoms with Crippen LogP contribution in [0.1, 0.15) is 29.7 Å². The fourth-order valence-corrected chi connectivity index (χ4v) is 5.07. The lowest BCUT2D eigenvalue weighted by Crippen LogP contribution is -2.35. The highest BCUT2D eigenvalue weighted by atomic mass is 32.2. The number of carbonyl (C=O) groups is 1. The fourth-order valence-electron chi connectivity index (χ4n) is 3.92. The monoisotopic (exact) mass is 411 g/mol. The largest absolute Gasteiger partial charge is 0.358 e. The highest BCUT2D eigenvalue weighted by Gasteiger charge is 2.25. The van der Waals surface area contributed by atoms with E-state index < -0.39 is 10.0 Å². The molecule has 7 heteroatoms. The van der Waals surface area contributed by atoms with Gasteiger partial charge in [0.2, 0.25) is 15.9 Å². The van der Waals surface area contributed by atoms with E-state index in [2.05, 4.69) is 10.3 Å². The van der Waals surface area contributed by atoms with Gasteiger partial charge in [0.1, 0.15) is 0 Å². The summed E-state index contributed by atoms with van der Waals surface area (Å²) >= 11 is 0.